The number of esters is 1. The van der Waals surface area contributed by atoms with E-state index in [1.54, 1.807) is 17.6 Å². The van der Waals surface area contributed by atoms with E-state index in [4.69, 9.17) is 0 Å². The lowest BCUT2D eigenvalue weighted by Gasteiger charge is -1.97. The smallest absolute Gasteiger partial charge is 0.337 e. The summed E-state index contributed by atoms with van der Waals surface area (Å²) in [7, 11) is 1.37. The molecule has 0 atom stereocenters. The van der Waals surface area contributed by atoms with Crippen LogP contribution in [0, 0.1) is 0 Å². The number of benzene rings is 1. The van der Waals surface area contributed by atoms with Gasteiger partial charge in [0.2, 0.25) is 0 Å². The zero-order chi connectivity index (χ0) is 9.26. The van der Waals surface area contributed by atoms with Gasteiger partial charge in [-0.2, -0.15) is 0 Å². The highest BCUT2D eigenvalue weighted by atomic mass is 32.1. The SMILES string of the molecule is COC(=O)c1ccc2ncsc2c1. The van der Waals surface area contributed by atoms with Gasteiger partial charge in [-0.1, -0.05) is 0 Å². The molecule has 1 aromatic carbocycles. The fourth-order valence-corrected chi connectivity index (χ4v) is 1.82. The highest BCUT2D eigenvalue weighted by Crippen LogP contribution is 2.19. The van der Waals surface area contributed by atoms with Gasteiger partial charge < -0.3 is 4.74 Å². The molecule has 0 saturated carbocycles. The molecule has 3 nitrogen and oxygen atoms in total. The zero-order valence-corrected chi connectivity index (χ0v) is 7.80. The molecular formula is C9H7NO2S. The number of carbonyl (C=O) groups excluding carboxylic acids is 1. The molecule has 0 bridgehead atoms. The number of thiazole rings is 1. The van der Waals surface area contributed by atoms with Gasteiger partial charge in [-0.3, -0.25) is 0 Å². The topological polar surface area (TPSA) is 39.2 Å². The minimum absolute atomic E-state index is 0.310. The monoisotopic (exact) mass is 193 g/mol. The van der Waals surface area contributed by atoms with E-state index in [1.807, 2.05) is 6.07 Å². The standard InChI is InChI=1S/C9H7NO2S/c1-12-9(11)6-2-3-7-8(4-6)13-5-10-7/h2-5H,1H3. The van der Waals surface area contributed by atoms with Crippen molar-refractivity contribution in [3.8, 4) is 0 Å². The maximum absolute atomic E-state index is 11.1. The van der Waals surface area contributed by atoms with Gasteiger partial charge in [0.05, 0.1) is 28.4 Å². The van der Waals surface area contributed by atoms with Crippen molar-refractivity contribution in [3.05, 3.63) is 29.3 Å². The van der Waals surface area contributed by atoms with Crippen LogP contribution in [0.1, 0.15) is 10.4 Å². The number of aromatic nitrogens is 1. The van der Waals surface area contributed by atoms with E-state index in [1.165, 1.54) is 18.4 Å². The number of nitrogens with zero attached hydrogens (tertiary/aromatic N) is 1. The van der Waals surface area contributed by atoms with Gasteiger partial charge in [-0.05, 0) is 18.2 Å². The number of rotatable bonds is 1. The maximum atomic E-state index is 11.1. The summed E-state index contributed by atoms with van der Waals surface area (Å²) in [6.45, 7) is 0. The first-order chi connectivity index (χ1) is 6.31. The van der Waals surface area contributed by atoms with Crippen molar-refractivity contribution < 1.29 is 9.53 Å². The average molecular weight is 193 g/mol. The normalized spacial score (nSPS) is 10.2. The summed E-state index contributed by atoms with van der Waals surface area (Å²) in [6.07, 6.45) is 0. The molecule has 0 unspecified atom stereocenters. The van der Waals surface area contributed by atoms with E-state index in [0.29, 0.717) is 5.56 Å². The Balaban J connectivity index is 2.54. The quantitative estimate of drug-likeness (QED) is 0.651. The molecule has 66 valence electrons. The Morgan fingerprint density at radius 1 is 1.54 bits per heavy atom. The summed E-state index contributed by atoms with van der Waals surface area (Å²) in [5, 5.41) is 0. The van der Waals surface area contributed by atoms with Crippen LogP contribution in [0.4, 0.5) is 0 Å². The molecule has 1 heterocycles. The third-order valence-corrected chi connectivity index (χ3v) is 2.54. The summed E-state index contributed by atoms with van der Waals surface area (Å²) in [5.74, 6) is -0.310. The number of methoxy groups -OCH3 is 1. The molecule has 2 aromatic rings. The Morgan fingerprint density at radius 2 is 2.38 bits per heavy atom. The van der Waals surface area contributed by atoms with E-state index >= 15 is 0 Å². The highest BCUT2D eigenvalue weighted by molar-refractivity contribution is 7.16. The fourth-order valence-electron chi connectivity index (χ4n) is 1.10. The highest BCUT2D eigenvalue weighted by Gasteiger charge is 2.06. The van der Waals surface area contributed by atoms with Gasteiger partial charge in [0, 0.05) is 0 Å². The van der Waals surface area contributed by atoms with Crippen molar-refractivity contribution in [3.63, 3.8) is 0 Å². The van der Waals surface area contributed by atoms with Crippen molar-refractivity contribution in [2.75, 3.05) is 7.11 Å². The minimum Gasteiger partial charge on any atom is -0.465 e. The predicted octanol–water partition coefficient (Wildman–Crippen LogP) is 2.08. The van der Waals surface area contributed by atoms with Crippen molar-refractivity contribution >= 4 is 27.5 Å². The number of hydrogen-bond acceptors (Lipinski definition) is 4. The van der Waals surface area contributed by atoms with E-state index in [0.717, 1.165) is 10.2 Å². The van der Waals surface area contributed by atoms with Crippen molar-refractivity contribution in [2.45, 2.75) is 0 Å². The summed E-state index contributed by atoms with van der Waals surface area (Å²) in [6, 6.07) is 5.32. The van der Waals surface area contributed by atoms with Gasteiger partial charge in [0.15, 0.2) is 0 Å². The second-order valence-corrected chi connectivity index (χ2v) is 3.41. The van der Waals surface area contributed by atoms with E-state index in [9.17, 15) is 4.79 Å². The van der Waals surface area contributed by atoms with E-state index < -0.39 is 0 Å². The lowest BCUT2D eigenvalue weighted by molar-refractivity contribution is 0.0601. The number of carbonyl (C=O) groups is 1. The lowest BCUT2D eigenvalue weighted by atomic mass is 10.2. The molecule has 0 saturated heterocycles. The first-order valence-corrected chi connectivity index (χ1v) is 4.61. The predicted molar refractivity (Wildman–Crippen MR) is 51.0 cm³/mol. The average Bonchev–Trinajstić information content (AvgIpc) is 2.63. The summed E-state index contributed by atoms with van der Waals surface area (Å²) in [5.41, 5.74) is 3.24. The van der Waals surface area contributed by atoms with Gasteiger partial charge in [0.1, 0.15) is 0 Å². The van der Waals surface area contributed by atoms with Gasteiger partial charge in [0.25, 0.3) is 0 Å². The summed E-state index contributed by atoms with van der Waals surface area (Å²) in [4.78, 5) is 15.3. The summed E-state index contributed by atoms with van der Waals surface area (Å²) >= 11 is 1.51. The van der Waals surface area contributed by atoms with Crippen LogP contribution in [0.5, 0.6) is 0 Å². The second-order valence-electron chi connectivity index (χ2n) is 2.53. The van der Waals surface area contributed by atoms with Crippen LogP contribution in [0.2, 0.25) is 0 Å². The molecule has 4 heteroatoms. The first-order valence-electron chi connectivity index (χ1n) is 3.73. The third kappa shape index (κ3) is 1.40. The van der Waals surface area contributed by atoms with Gasteiger partial charge >= 0.3 is 5.97 Å². The Labute approximate surface area is 79.0 Å². The molecule has 13 heavy (non-hydrogen) atoms. The lowest BCUT2D eigenvalue weighted by Crippen LogP contribution is -1.99. The molecule has 0 radical (unpaired) electrons. The molecule has 0 aliphatic carbocycles. The van der Waals surface area contributed by atoms with Crippen LogP contribution in [-0.4, -0.2) is 18.1 Å². The molecular weight excluding hydrogens is 186 g/mol. The summed E-state index contributed by atoms with van der Waals surface area (Å²) < 4.78 is 5.61. The van der Waals surface area contributed by atoms with Crippen molar-refractivity contribution in [1.82, 2.24) is 4.98 Å². The van der Waals surface area contributed by atoms with Gasteiger partial charge in [-0.15, -0.1) is 11.3 Å². The van der Waals surface area contributed by atoms with Crippen LogP contribution in [0.3, 0.4) is 0 Å². The molecule has 1 aromatic heterocycles. The van der Waals surface area contributed by atoms with Crippen molar-refractivity contribution in [1.29, 1.82) is 0 Å². The molecule has 0 spiro atoms. The van der Waals surface area contributed by atoms with Gasteiger partial charge in [-0.25, -0.2) is 9.78 Å². The van der Waals surface area contributed by atoms with Crippen LogP contribution in [0.15, 0.2) is 23.7 Å². The molecule has 0 aliphatic rings. The Bertz CT molecular complexity index is 450. The molecule has 2 rings (SSSR count). The van der Waals surface area contributed by atoms with Crippen LogP contribution < -0.4 is 0 Å². The largest absolute Gasteiger partial charge is 0.465 e. The number of hydrogen-bond donors (Lipinski definition) is 0. The number of fused-ring (bicyclic) bond motifs is 1. The molecule has 0 aliphatic heterocycles. The second kappa shape index (κ2) is 3.14. The zero-order valence-electron chi connectivity index (χ0n) is 6.98. The molecule has 0 N–H and O–H groups in total. The first kappa shape index (κ1) is 8.19. The Kier molecular flexibility index (Phi) is 1.98. The van der Waals surface area contributed by atoms with Crippen LogP contribution >= 0.6 is 11.3 Å². The third-order valence-electron chi connectivity index (χ3n) is 1.75. The molecule has 0 amide bonds. The fraction of sp³-hybridized carbons (Fsp3) is 0.111. The Morgan fingerprint density at radius 3 is 3.15 bits per heavy atom. The van der Waals surface area contributed by atoms with Crippen molar-refractivity contribution in [2.24, 2.45) is 0 Å². The van der Waals surface area contributed by atoms with Crippen LogP contribution in [-0.2, 0) is 4.74 Å². The number of ether oxygens (including phenoxy) is 1. The Hall–Kier alpha value is -1.42. The minimum atomic E-state index is -0.310. The van der Waals surface area contributed by atoms with E-state index in [2.05, 4.69) is 9.72 Å². The molecule has 0 fully saturated rings. The van der Waals surface area contributed by atoms with Crippen LogP contribution in [0.25, 0.3) is 10.2 Å². The maximum Gasteiger partial charge on any atom is 0.337 e. The van der Waals surface area contributed by atoms with E-state index in [-0.39, 0.29) is 5.97 Å².